The average Bonchev–Trinajstić information content (AvgIpc) is 2.87. The van der Waals surface area contributed by atoms with Crippen molar-refractivity contribution in [1.29, 1.82) is 0 Å². The van der Waals surface area contributed by atoms with Gasteiger partial charge in [0.2, 0.25) is 0 Å². The average molecular weight is 339 g/mol. The van der Waals surface area contributed by atoms with Crippen LogP contribution in [-0.4, -0.2) is 38.2 Å². The molecule has 0 aromatic heterocycles. The SMILES string of the molecule is CNCC1CCCN(Cc2cc(Br)cc3c2OCC3)C1. The Hall–Kier alpha value is -0.580. The van der Waals surface area contributed by atoms with Crippen molar-refractivity contribution >= 4 is 15.9 Å². The van der Waals surface area contributed by atoms with E-state index in [2.05, 4.69) is 38.3 Å². The highest BCUT2D eigenvalue weighted by Crippen LogP contribution is 2.34. The Morgan fingerprint density at radius 2 is 2.35 bits per heavy atom. The number of nitrogens with one attached hydrogen (secondary N) is 1. The van der Waals surface area contributed by atoms with Crippen molar-refractivity contribution < 1.29 is 4.74 Å². The molecule has 0 saturated carbocycles. The molecule has 1 unspecified atom stereocenters. The lowest BCUT2D eigenvalue weighted by Crippen LogP contribution is -2.38. The molecule has 0 bridgehead atoms. The maximum atomic E-state index is 5.84. The van der Waals surface area contributed by atoms with Crippen molar-refractivity contribution in [2.24, 2.45) is 5.92 Å². The second-order valence-electron chi connectivity index (χ2n) is 5.95. The van der Waals surface area contributed by atoms with Gasteiger partial charge < -0.3 is 10.1 Å². The predicted molar refractivity (Wildman–Crippen MR) is 85.3 cm³/mol. The summed E-state index contributed by atoms with van der Waals surface area (Å²) in [7, 11) is 2.05. The molecule has 110 valence electrons. The van der Waals surface area contributed by atoms with Crippen molar-refractivity contribution in [2.45, 2.75) is 25.8 Å². The largest absolute Gasteiger partial charge is 0.493 e. The van der Waals surface area contributed by atoms with Crippen molar-refractivity contribution in [3.8, 4) is 5.75 Å². The van der Waals surface area contributed by atoms with Crippen LogP contribution in [0.4, 0.5) is 0 Å². The molecular formula is C16H23BrN2O. The van der Waals surface area contributed by atoms with Crippen LogP contribution in [0.3, 0.4) is 0 Å². The number of piperidine rings is 1. The number of hydrogen-bond donors (Lipinski definition) is 1. The maximum absolute atomic E-state index is 5.84. The van der Waals surface area contributed by atoms with E-state index in [1.54, 1.807) is 0 Å². The topological polar surface area (TPSA) is 24.5 Å². The van der Waals surface area contributed by atoms with Gasteiger partial charge in [-0.3, -0.25) is 4.90 Å². The van der Waals surface area contributed by atoms with Gasteiger partial charge in [0.05, 0.1) is 6.61 Å². The lowest BCUT2D eigenvalue weighted by atomic mass is 9.97. The fraction of sp³-hybridized carbons (Fsp3) is 0.625. The summed E-state index contributed by atoms with van der Waals surface area (Å²) in [6.45, 7) is 5.39. The third-order valence-corrected chi connectivity index (χ3v) is 4.77. The molecule has 1 aromatic carbocycles. The van der Waals surface area contributed by atoms with E-state index in [1.807, 2.05) is 7.05 Å². The van der Waals surface area contributed by atoms with Gasteiger partial charge in [-0.25, -0.2) is 0 Å². The third-order valence-electron chi connectivity index (χ3n) is 4.32. The molecule has 2 heterocycles. The molecule has 1 N–H and O–H groups in total. The zero-order valence-corrected chi connectivity index (χ0v) is 13.7. The molecular weight excluding hydrogens is 316 g/mol. The van der Waals surface area contributed by atoms with Gasteiger partial charge in [0.1, 0.15) is 5.75 Å². The molecule has 4 heteroatoms. The molecule has 0 radical (unpaired) electrons. The number of halogens is 1. The van der Waals surface area contributed by atoms with Crippen LogP contribution in [0.15, 0.2) is 16.6 Å². The van der Waals surface area contributed by atoms with Crippen LogP contribution in [-0.2, 0) is 13.0 Å². The van der Waals surface area contributed by atoms with Crippen LogP contribution in [0.1, 0.15) is 24.0 Å². The van der Waals surface area contributed by atoms with Crippen LogP contribution >= 0.6 is 15.9 Å². The Balaban J connectivity index is 1.71. The quantitative estimate of drug-likeness (QED) is 0.913. The number of likely N-dealkylation sites (tertiary alicyclic amines) is 1. The summed E-state index contributed by atoms with van der Waals surface area (Å²) < 4.78 is 7.02. The summed E-state index contributed by atoms with van der Waals surface area (Å²) >= 11 is 3.63. The minimum absolute atomic E-state index is 0.787. The molecule has 2 aliphatic heterocycles. The molecule has 1 atom stereocenters. The highest BCUT2D eigenvalue weighted by atomic mass is 79.9. The van der Waals surface area contributed by atoms with Gasteiger partial charge >= 0.3 is 0 Å². The van der Waals surface area contributed by atoms with Crippen molar-refractivity contribution in [1.82, 2.24) is 10.2 Å². The van der Waals surface area contributed by atoms with E-state index in [0.717, 1.165) is 37.8 Å². The number of rotatable bonds is 4. The third kappa shape index (κ3) is 3.18. The van der Waals surface area contributed by atoms with Gasteiger partial charge in [0.25, 0.3) is 0 Å². The van der Waals surface area contributed by atoms with E-state index in [0.29, 0.717) is 0 Å². The van der Waals surface area contributed by atoms with Crippen LogP contribution in [0.5, 0.6) is 5.75 Å². The Bertz CT molecular complexity index is 476. The number of benzene rings is 1. The van der Waals surface area contributed by atoms with Gasteiger partial charge in [-0.15, -0.1) is 0 Å². The van der Waals surface area contributed by atoms with Gasteiger partial charge in [-0.05, 0) is 56.6 Å². The van der Waals surface area contributed by atoms with Crippen LogP contribution < -0.4 is 10.1 Å². The first kappa shape index (κ1) is 14.4. The lowest BCUT2D eigenvalue weighted by Gasteiger charge is -2.33. The molecule has 1 fully saturated rings. The Kier molecular flexibility index (Phi) is 4.64. The molecule has 3 nitrogen and oxygen atoms in total. The monoisotopic (exact) mass is 338 g/mol. The lowest BCUT2D eigenvalue weighted by molar-refractivity contribution is 0.165. The maximum Gasteiger partial charge on any atom is 0.127 e. The van der Waals surface area contributed by atoms with E-state index >= 15 is 0 Å². The van der Waals surface area contributed by atoms with Crippen molar-refractivity contribution in [3.63, 3.8) is 0 Å². The summed E-state index contributed by atoms with van der Waals surface area (Å²) in [5.41, 5.74) is 2.70. The van der Waals surface area contributed by atoms with E-state index in [1.165, 1.54) is 41.5 Å². The second-order valence-corrected chi connectivity index (χ2v) is 6.87. The number of ether oxygens (including phenoxy) is 1. The summed E-state index contributed by atoms with van der Waals surface area (Å²) in [6, 6.07) is 4.43. The Labute approximate surface area is 129 Å². The molecule has 0 aliphatic carbocycles. The normalized spacial score (nSPS) is 22.6. The first-order valence-corrected chi connectivity index (χ1v) is 8.36. The Morgan fingerprint density at radius 1 is 1.45 bits per heavy atom. The molecule has 3 rings (SSSR count). The van der Waals surface area contributed by atoms with Crippen LogP contribution in [0, 0.1) is 5.92 Å². The number of fused-ring (bicyclic) bond motifs is 1. The molecule has 1 saturated heterocycles. The molecule has 20 heavy (non-hydrogen) atoms. The van der Waals surface area contributed by atoms with E-state index in [-0.39, 0.29) is 0 Å². The molecule has 0 spiro atoms. The molecule has 2 aliphatic rings. The fourth-order valence-corrected chi connectivity index (χ4v) is 4.01. The zero-order valence-electron chi connectivity index (χ0n) is 12.1. The van der Waals surface area contributed by atoms with E-state index in [9.17, 15) is 0 Å². The number of hydrogen-bond acceptors (Lipinski definition) is 3. The summed E-state index contributed by atoms with van der Waals surface area (Å²) in [5.74, 6) is 1.93. The van der Waals surface area contributed by atoms with Crippen molar-refractivity contribution in [2.75, 3.05) is 33.3 Å². The predicted octanol–water partition coefficient (Wildman–Crippen LogP) is 2.82. The van der Waals surface area contributed by atoms with Gasteiger partial charge in [-0.2, -0.15) is 0 Å². The second kappa shape index (κ2) is 6.46. The summed E-state index contributed by atoms with van der Waals surface area (Å²) in [5, 5.41) is 3.31. The summed E-state index contributed by atoms with van der Waals surface area (Å²) in [6.07, 6.45) is 3.71. The van der Waals surface area contributed by atoms with Crippen molar-refractivity contribution in [3.05, 3.63) is 27.7 Å². The van der Waals surface area contributed by atoms with Crippen LogP contribution in [0.2, 0.25) is 0 Å². The first-order chi connectivity index (χ1) is 9.76. The van der Waals surface area contributed by atoms with E-state index < -0.39 is 0 Å². The van der Waals surface area contributed by atoms with Crippen LogP contribution in [0.25, 0.3) is 0 Å². The minimum Gasteiger partial charge on any atom is -0.493 e. The Morgan fingerprint density at radius 3 is 3.20 bits per heavy atom. The standard InChI is InChI=1S/C16H23BrN2O/c1-18-9-12-3-2-5-19(10-12)11-14-8-15(17)7-13-4-6-20-16(13)14/h7-8,12,18H,2-6,9-11H2,1H3. The molecule has 1 aromatic rings. The van der Waals surface area contributed by atoms with Gasteiger partial charge in [0.15, 0.2) is 0 Å². The summed E-state index contributed by atoms with van der Waals surface area (Å²) in [4.78, 5) is 2.58. The number of nitrogens with zero attached hydrogens (tertiary/aromatic N) is 1. The minimum atomic E-state index is 0.787. The fourth-order valence-electron chi connectivity index (χ4n) is 3.45. The van der Waals surface area contributed by atoms with E-state index in [4.69, 9.17) is 4.74 Å². The smallest absolute Gasteiger partial charge is 0.127 e. The van der Waals surface area contributed by atoms with Gasteiger partial charge in [0, 0.05) is 29.5 Å². The van der Waals surface area contributed by atoms with Gasteiger partial charge in [-0.1, -0.05) is 15.9 Å². The highest BCUT2D eigenvalue weighted by molar-refractivity contribution is 9.10. The first-order valence-electron chi connectivity index (χ1n) is 7.57. The zero-order chi connectivity index (χ0) is 13.9. The highest BCUT2D eigenvalue weighted by Gasteiger charge is 2.23. The molecule has 0 amide bonds.